The minimum atomic E-state index is 0.498. The summed E-state index contributed by atoms with van der Waals surface area (Å²) in [4.78, 5) is 0. The molecule has 0 bridgehead atoms. The number of hydrogen-bond donors (Lipinski definition) is 0. The third kappa shape index (κ3) is 4.29. The van der Waals surface area contributed by atoms with Crippen molar-refractivity contribution in [2.45, 2.75) is 23.4 Å². The Morgan fingerprint density at radius 1 is 1.17 bits per heavy atom. The van der Waals surface area contributed by atoms with Crippen molar-refractivity contribution in [3.8, 4) is 17.2 Å². The standard InChI is InChI=1S/C15H15N4O2S2/c1-3-8-20-12-6-4-11(5-7-12)14-18-17-13(21-14)9-22-15-19-16-10(2)23-15/h4-7H,1,3,8-9H2,2H3. The van der Waals surface area contributed by atoms with Crippen molar-refractivity contribution < 1.29 is 9.15 Å². The zero-order valence-corrected chi connectivity index (χ0v) is 14.2. The van der Waals surface area contributed by atoms with E-state index in [0.717, 1.165) is 27.1 Å². The zero-order valence-electron chi connectivity index (χ0n) is 12.6. The Labute approximate surface area is 142 Å². The molecule has 0 fully saturated rings. The maximum Gasteiger partial charge on any atom is 0.247 e. The Balaban J connectivity index is 1.62. The number of aryl methyl sites for hydroxylation is 1. The first-order chi connectivity index (χ1) is 11.2. The summed E-state index contributed by atoms with van der Waals surface area (Å²) >= 11 is 3.09. The number of ether oxygens (including phenoxy) is 1. The molecule has 8 heteroatoms. The second kappa shape index (κ2) is 7.56. The van der Waals surface area contributed by atoms with Crippen LogP contribution in [0.3, 0.4) is 0 Å². The highest BCUT2D eigenvalue weighted by atomic mass is 32.2. The summed E-state index contributed by atoms with van der Waals surface area (Å²) in [5.74, 6) is 2.44. The average molecular weight is 347 g/mol. The van der Waals surface area contributed by atoms with E-state index in [2.05, 4.69) is 27.3 Å². The maximum absolute atomic E-state index is 5.68. The van der Waals surface area contributed by atoms with Crippen LogP contribution < -0.4 is 4.74 Å². The van der Waals surface area contributed by atoms with Gasteiger partial charge in [-0.25, -0.2) is 0 Å². The first-order valence-electron chi connectivity index (χ1n) is 7.02. The molecule has 0 spiro atoms. The monoisotopic (exact) mass is 347 g/mol. The third-order valence-corrected chi connectivity index (χ3v) is 4.76. The molecule has 0 saturated carbocycles. The molecule has 0 unspecified atom stereocenters. The molecule has 2 heterocycles. The van der Waals surface area contributed by atoms with E-state index in [1.807, 2.05) is 31.2 Å². The van der Waals surface area contributed by atoms with E-state index in [4.69, 9.17) is 9.15 Å². The van der Waals surface area contributed by atoms with Crippen LogP contribution in [-0.4, -0.2) is 27.0 Å². The van der Waals surface area contributed by atoms with E-state index in [9.17, 15) is 0 Å². The van der Waals surface area contributed by atoms with Gasteiger partial charge in [0, 0.05) is 5.56 Å². The molecule has 1 aromatic carbocycles. The highest BCUT2D eigenvalue weighted by Crippen LogP contribution is 2.27. The van der Waals surface area contributed by atoms with Gasteiger partial charge in [-0.1, -0.05) is 23.1 Å². The Morgan fingerprint density at radius 2 is 2.00 bits per heavy atom. The van der Waals surface area contributed by atoms with Crippen LogP contribution in [0.25, 0.3) is 11.5 Å². The lowest BCUT2D eigenvalue weighted by Gasteiger charge is -2.03. The highest BCUT2D eigenvalue weighted by molar-refractivity contribution is 8.00. The fourth-order valence-electron chi connectivity index (χ4n) is 1.77. The van der Waals surface area contributed by atoms with E-state index in [0.29, 0.717) is 24.1 Å². The lowest BCUT2D eigenvalue weighted by atomic mass is 10.2. The van der Waals surface area contributed by atoms with E-state index < -0.39 is 0 Å². The van der Waals surface area contributed by atoms with Crippen LogP contribution in [0.4, 0.5) is 0 Å². The minimum absolute atomic E-state index is 0.498. The van der Waals surface area contributed by atoms with Crippen molar-refractivity contribution in [2.75, 3.05) is 6.61 Å². The quantitative estimate of drug-likeness (QED) is 0.602. The molecule has 0 saturated heterocycles. The molecule has 1 radical (unpaired) electrons. The van der Waals surface area contributed by atoms with Gasteiger partial charge in [-0.2, -0.15) is 0 Å². The van der Waals surface area contributed by atoms with E-state index >= 15 is 0 Å². The highest BCUT2D eigenvalue weighted by Gasteiger charge is 2.10. The second-order valence-electron chi connectivity index (χ2n) is 4.60. The fourth-order valence-corrected chi connectivity index (χ4v) is 3.43. The van der Waals surface area contributed by atoms with Gasteiger partial charge >= 0.3 is 0 Å². The van der Waals surface area contributed by atoms with Crippen molar-refractivity contribution in [2.24, 2.45) is 0 Å². The van der Waals surface area contributed by atoms with Gasteiger partial charge in [0.15, 0.2) is 4.34 Å². The summed E-state index contributed by atoms with van der Waals surface area (Å²) in [6, 6.07) is 7.56. The first-order valence-corrected chi connectivity index (χ1v) is 8.82. The van der Waals surface area contributed by atoms with E-state index in [1.165, 1.54) is 11.8 Å². The lowest BCUT2D eigenvalue weighted by Crippen LogP contribution is -1.94. The molecule has 0 aliphatic carbocycles. The largest absolute Gasteiger partial charge is 0.494 e. The summed E-state index contributed by atoms with van der Waals surface area (Å²) < 4.78 is 12.1. The zero-order chi connectivity index (χ0) is 16.1. The molecule has 0 aliphatic heterocycles. The summed E-state index contributed by atoms with van der Waals surface area (Å²) in [6.45, 7) is 6.27. The van der Waals surface area contributed by atoms with E-state index in [-0.39, 0.29) is 0 Å². The average Bonchev–Trinajstić information content (AvgIpc) is 3.20. The molecule has 0 N–H and O–H groups in total. The molecule has 0 atom stereocenters. The van der Waals surface area contributed by atoms with Crippen LogP contribution in [0.2, 0.25) is 0 Å². The predicted octanol–water partition coefficient (Wildman–Crippen LogP) is 3.79. The number of benzene rings is 1. The van der Waals surface area contributed by atoms with Crippen LogP contribution >= 0.6 is 23.1 Å². The lowest BCUT2D eigenvalue weighted by molar-refractivity contribution is 0.324. The van der Waals surface area contributed by atoms with Crippen LogP contribution in [0.15, 0.2) is 33.0 Å². The van der Waals surface area contributed by atoms with Gasteiger partial charge in [0.2, 0.25) is 11.8 Å². The normalized spacial score (nSPS) is 10.9. The van der Waals surface area contributed by atoms with E-state index in [1.54, 1.807) is 11.3 Å². The molecule has 119 valence electrons. The molecule has 3 aromatic rings. The Morgan fingerprint density at radius 3 is 2.70 bits per heavy atom. The van der Waals surface area contributed by atoms with Crippen LogP contribution in [0.5, 0.6) is 5.75 Å². The van der Waals surface area contributed by atoms with Gasteiger partial charge in [0.25, 0.3) is 0 Å². The molecular formula is C15H15N4O2S2. The van der Waals surface area contributed by atoms with Gasteiger partial charge in [-0.3, -0.25) is 0 Å². The van der Waals surface area contributed by atoms with Crippen LogP contribution in [0.1, 0.15) is 17.3 Å². The van der Waals surface area contributed by atoms with Gasteiger partial charge in [0.1, 0.15) is 10.8 Å². The smallest absolute Gasteiger partial charge is 0.247 e. The van der Waals surface area contributed by atoms with Crippen LogP contribution in [0, 0.1) is 13.8 Å². The van der Waals surface area contributed by atoms with Crippen LogP contribution in [-0.2, 0) is 5.75 Å². The molecule has 23 heavy (non-hydrogen) atoms. The molecule has 6 nitrogen and oxygen atoms in total. The Kier molecular flexibility index (Phi) is 5.24. The van der Waals surface area contributed by atoms with Crippen molar-refractivity contribution in [1.82, 2.24) is 20.4 Å². The Bertz CT molecular complexity index is 755. The van der Waals surface area contributed by atoms with Gasteiger partial charge in [0.05, 0.1) is 12.4 Å². The molecule has 3 rings (SSSR count). The first kappa shape index (κ1) is 15.9. The Hall–Kier alpha value is -1.93. The summed E-state index contributed by atoms with van der Waals surface area (Å²) in [5, 5.41) is 17.1. The molecule has 0 aliphatic rings. The van der Waals surface area contributed by atoms with Gasteiger partial charge in [-0.15, -0.1) is 20.4 Å². The maximum atomic E-state index is 5.68. The second-order valence-corrected chi connectivity index (χ2v) is 7.01. The molecular weight excluding hydrogens is 332 g/mol. The minimum Gasteiger partial charge on any atom is -0.494 e. The summed E-state index contributed by atoms with van der Waals surface area (Å²) in [5.41, 5.74) is 0.863. The number of aromatic nitrogens is 4. The van der Waals surface area contributed by atoms with Gasteiger partial charge in [-0.05, 0) is 44.5 Å². The SMILES string of the molecule is [CH2]CCOc1ccc(-c2nnc(CSc3nnc(C)s3)o2)cc1. The number of thioether (sulfide) groups is 1. The third-order valence-electron chi connectivity index (χ3n) is 2.81. The fraction of sp³-hybridized carbons (Fsp3) is 0.267. The number of rotatable bonds is 7. The molecule has 0 amide bonds. The summed E-state index contributed by atoms with van der Waals surface area (Å²) in [7, 11) is 0. The van der Waals surface area contributed by atoms with Crippen molar-refractivity contribution >= 4 is 23.1 Å². The number of nitrogens with zero attached hydrogens (tertiary/aromatic N) is 4. The summed E-state index contributed by atoms with van der Waals surface area (Å²) in [6.07, 6.45) is 0.737. The topological polar surface area (TPSA) is 73.9 Å². The number of hydrogen-bond acceptors (Lipinski definition) is 8. The van der Waals surface area contributed by atoms with Crippen molar-refractivity contribution in [3.05, 3.63) is 42.1 Å². The predicted molar refractivity (Wildman–Crippen MR) is 89.4 cm³/mol. The van der Waals surface area contributed by atoms with Crippen molar-refractivity contribution in [3.63, 3.8) is 0 Å². The van der Waals surface area contributed by atoms with Crippen molar-refractivity contribution in [1.29, 1.82) is 0 Å². The molecule has 2 aromatic heterocycles. The van der Waals surface area contributed by atoms with Gasteiger partial charge < -0.3 is 9.15 Å².